The summed E-state index contributed by atoms with van der Waals surface area (Å²) in [5.41, 5.74) is 1.50. The van der Waals surface area contributed by atoms with Gasteiger partial charge in [-0.2, -0.15) is 0 Å². The molecular weight excluding hydrogens is 339 g/mol. The van der Waals surface area contributed by atoms with Crippen LogP contribution in [0.2, 0.25) is 0 Å². The van der Waals surface area contributed by atoms with Gasteiger partial charge in [0.25, 0.3) is 0 Å². The molecule has 0 saturated heterocycles. The molecule has 0 aliphatic heterocycles. The van der Waals surface area contributed by atoms with Crippen LogP contribution in [0.4, 0.5) is 4.39 Å². The summed E-state index contributed by atoms with van der Waals surface area (Å²) in [6.45, 7) is 4.39. The molecule has 0 N–H and O–H groups in total. The minimum atomic E-state index is -0.435. The van der Waals surface area contributed by atoms with Gasteiger partial charge >= 0.3 is 5.63 Å². The van der Waals surface area contributed by atoms with Gasteiger partial charge in [-0.05, 0) is 54.7 Å². The van der Waals surface area contributed by atoms with Crippen molar-refractivity contribution in [3.63, 3.8) is 0 Å². The first-order valence-electron chi connectivity index (χ1n) is 10.3. The van der Waals surface area contributed by atoms with Crippen LogP contribution in [-0.2, 0) is 6.42 Å². The normalized spacial score (nSPS) is 20.4. The van der Waals surface area contributed by atoms with Crippen LogP contribution in [0, 0.1) is 11.7 Å². The van der Waals surface area contributed by atoms with E-state index in [0.29, 0.717) is 28.7 Å². The van der Waals surface area contributed by atoms with Crippen LogP contribution in [0.25, 0.3) is 21.7 Å². The van der Waals surface area contributed by atoms with Crippen LogP contribution in [0.15, 0.2) is 39.5 Å². The fourth-order valence-electron chi connectivity index (χ4n) is 4.43. The van der Waals surface area contributed by atoms with Crippen molar-refractivity contribution >= 4 is 21.7 Å². The molecule has 3 aromatic rings. The van der Waals surface area contributed by atoms with E-state index in [-0.39, 0.29) is 11.4 Å². The first kappa shape index (κ1) is 18.2. The maximum atomic E-state index is 14.9. The molecule has 0 amide bonds. The van der Waals surface area contributed by atoms with Gasteiger partial charge in [-0.15, -0.1) is 0 Å². The Hall–Kier alpha value is -2.16. The largest absolute Gasteiger partial charge is 0.419 e. The first-order chi connectivity index (χ1) is 13.1. The van der Waals surface area contributed by atoms with Crippen molar-refractivity contribution in [3.05, 3.63) is 57.7 Å². The van der Waals surface area contributed by atoms with Gasteiger partial charge in [-0.1, -0.05) is 57.4 Å². The SMILES string of the molecule is CCCCc1ccc2c(oc(=O)c3cc(C4CCC(C)CC4)ccc32)c1F. The lowest BCUT2D eigenvalue weighted by Gasteiger charge is -2.26. The maximum absolute atomic E-state index is 14.9. The smallest absolute Gasteiger partial charge is 0.344 e. The summed E-state index contributed by atoms with van der Waals surface area (Å²) in [6, 6.07) is 9.81. The molecule has 1 fully saturated rings. The number of aryl methyl sites for hydroxylation is 1. The van der Waals surface area contributed by atoms with E-state index >= 15 is 0 Å². The number of fused-ring (bicyclic) bond motifs is 3. The van der Waals surface area contributed by atoms with Crippen LogP contribution in [-0.4, -0.2) is 0 Å². The van der Waals surface area contributed by atoms with E-state index in [0.717, 1.165) is 24.1 Å². The number of rotatable bonds is 4. The maximum Gasteiger partial charge on any atom is 0.344 e. The highest BCUT2D eigenvalue weighted by Gasteiger charge is 2.21. The summed E-state index contributed by atoms with van der Waals surface area (Å²) in [5.74, 6) is 0.916. The van der Waals surface area contributed by atoms with Gasteiger partial charge < -0.3 is 4.42 Å². The van der Waals surface area contributed by atoms with Gasteiger partial charge in [0.05, 0.1) is 5.39 Å². The number of benzene rings is 2. The highest BCUT2D eigenvalue weighted by molar-refractivity contribution is 6.04. The third-order valence-electron chi connectivity index (χ3n) is 6.21. The average Bonchev–Trinajstić information content (AvgIpc) is 2.68. The van der Waals surface area contributed by atoms with Crippen LogP contribution >= 0.6 is 0 Å². The molecule has 0 spiro atoms. The molecule has 2 aromatic carbocycles. The minimum Gasteiger partial charge on any atom is -0.419 e. The fraction of sp³-hybridized carbons (Fsp3) is 0.458. The van der Waals surface area contributed by atoms with E-state index in [1.165, 1.54) is 31.2 Å². The zero-order valence-electron chi connectivity index (χ0n) is 16.2. The van der Waals surface area contributed by atoms with Crippen LogP contribution < -0.4 is 5.63 Å². The van der Waals surface area contributed by atoms with Gasteiger partial charge in [0.1, 0.15) is 0 Å². The molecule has 1 aliphatic rings. The Morgan fingerprint density at radius 2 is 1.78 bits per heavy atom. The van der Waals surface area contributed by atoms with E-state index in [1.807, 2.05) is 24.3 Å². The van der Waals surface area contributed by atoms with E-state index in [2.05, 4.69) is 19.9 Å². The number of unbranched alkanes of at least 4 members (excludes halogenated alkanes) is 1. The Labute approximate surface area is 159 Å². The number of halogens is 1. The second kappa shape index (κ2) is 7.46. The van der Waals surface area contributed by atoms with Crippen LogP contribution in [0.1, 0.15) is 69.4 Å². The van der Waals surface area contributed by atoms with Crippen molar-refractivity contribution < 1.29 is 8.81 Å². The minimum absolute atomic E-state index is 0.0975. The standard InChI is InChI=1S/C24H27FO2/c1-3-4-5-17-10-13-20-19-12-11-18(16-8-6-15(2)7-9-16)14-21(19)24(26)27-23(20)22(17)25/h10-16H,3-9H2,1-2H3. The molecule has 0 unspecified atom stereocenters. The van der Waals surface area contributed by atoms with Gasteiger partial charge in [0.15, 0.2) is 11.4 Å². The van der Waals surface area contributed by atoms with Crippen molar-refractivity contribution in [2.45, 2.75) is 64.7 Å². The van der Waals surface area contributed by atoms with E-state index < -0.39 is 5.63 Å². The Morgan fingerprint density at radius 3 is 2.52 bits per heavy atom. The first-order valence-corrected chi connectivity index (χ1v) is 10.3. The highest BCUT2D eigenvalue weighted by atomic mass is 19.1. The molecule has 3 heteroatoms. The Bertz CT molecular complexity index is 1030. The van der Waals surface area contributed by atoms with Gasteiger partial charge in [0, 0.05) is 10.8 Å². The highest BCUT2D eigenvalue weighted by Crippen LogP contribution is 2.37. The van der Waals surface area contributed by atoms with Crippen molar-refractivity contribution in [1.82, 2.24) is 0 Å². The average molecular weight is 366 g/mol. The van der Waals surface area contributed by atoms with Crippen molar-refractivity contribution in [1.29, 1.82) is 0 Å². The quantitative estimate of drug-likeness (QED) is 0.379. The molecule has 142 valence electrons. The van der Waals surface area contributed by atoms with E-state index in [1.54, 1.807) is 0 Å². The predicted octanol–water partition coefficient (Wildman–Crippen LogP) is 6.72. The molecule has 27 heavy (non-hydrogen) atoms. The lowest BCUT2D eigenvalue weighted by atomic mass is 9.79. The van der Waals surface area contributed by atoms with Gasteiger partial charge in [-0.3, -0.25) is 0 Å². The summed E-state index contributed by atoms with van der Waals surface area (Å²) in [7, 11) is 0. The van der Waals surface area contributed by atoms with E-state index in [9.17, 15) is 9.18 Å². The lowest BCUT2D eigenvalue weighted by molar-refractivity contribution is 0.348. The van der Waals surface area contributed by atoms with Crippen molar-refractivity contribution in [3.8, 4) is 0 Å². The zero-order valence-corrected chi connectivity index (χ0v) is 16.2. The van der Waals surface area contributed by atoms with Gasteiger partial charge in [0.2, 0.25) is 0 Å². The summed E-state index contributed by atoms with van der Waals surface area (Å²) in [6.07, 6.45) is 7.40. The molecule has 0 atom stereocenters. The molecule has 1 aliphatic carbocycles. The Kier molecular flexibility index (Phi) is 5.03. The molecule has 1 aromatic heterocycles. The van der Waals surface area contributed by atoms with E-state index in [4.69, 9.17) is 4.42 Å². The Morgan fingerprint density at radius 1 is 1.04 bits per heavy atom. The van der Waals surface area contributed by atoms with Crippen molar-refractivity contribution in [2.24, 2.45) is 5.92 Å². The monoisotopic (exact) mass is 366 g/mol. The van der Waals surface area contributed by atoms with Crippen molar-refractivity contribution in [2.75, 3.05) is 0 Å². The topological polar surface area (TPSA) is 30.2 Å². The molecule has 1 saturated carbocycles. The third-order valence-corrected chi connectivity index (χ3v) is 6.21. The third kappa shape index (κ3) is 3.40. The Balaban J connectivity index is 1.80. The zero-order chi connectivity index (χ0) is 19.0. The lowest BCUT2D eigenvalue weighted by Crippen LogP contribution is -2.11. The van der Waals surface area contributed by atoms with Crippen LogP contribution in [0.3, 0.4) is 0 Å². The molecule has 4 rings (SSSR count). The van der Waals surface area contributed by atoms with Gasteiger partial charge in [-0.25, -0.2) is 9.18 Å². The second-order valence-electron chi connectivity index (χ2n) is 8.17. The fourth-order valence-corrected chi connectivity index (χ4v) is 4.43. The molecular formula is C24H27FO2. The molecule has 2 nitrogen and oxygen atoms in total. The molecule has 0 bridgehead atoms. The molecule has 1 heterocycles. The predicted molar refractivity (Wildman–Crippen MR) is 109 cm³/mol. The van der Waals surface area contributed by atoms with Crippen LogP contribution in [0.5, 0.6) is 0 Å². The number of hydrogen-bond donors (Lipinski definition) is 0. The summed E-state index contributed by atoms with van der Waals surface area (Å²) >= 11 is 0. The molecule has 0 radical (unpaired) electrons. The summed E-state index contributed by atoms with van der Waals surface area (Å²) < 4.78 is 20.3. The second-order valence-corrected chi connectivity index (χ2v) is 8.17. The summed E-state index contributed by atoms with van der Waals surface area (Å²) in [5, 5.41) is 2.04. The summed E-state index contributed by atoms with van der Waals surface area (Å²) in [4.78, 5) is 12.6. The number of hydrogen-bond acceptors (Lipinski definition) is 2.